The van der Waals surface area contributed by atoms with Crippen molar-refractivity contribution in [2.24, 2.45) is 11.7 Å². The van der Waals surface area contributed by atoms with Gasteiger partial charge in [0.05, 0.1) is 11.7 Å². The molecule has 2 rings (SSSR count). The van der Waals surface area contributed by atoms with Gasteiger partial charge in [0, 0.05) is 12.8 Å². The second kappa shape index (κ2) is 6.17. The van der Waals surface area contributed by atoms with Crippen LogP contribution < -0.4 is 5.73 Å². The summed E-state index contributed by atoms with van der Waals surface area (Å²) in [6.45, 7) is 0.666. The van der Waals surface area contributed by atoms with Crippen LogP contribution in [0.25, 0.3) is 0 Å². The van der Waals surface area contributed by atoms with Crippen LogP contribution in [0, 0.1) is 5.92 Å². The van der Waals surface area contributed by atoms with E-state index in [4.69, 9.17) is 10.8 Å². The predicted octanol–water partition coefficient (Wildman–Crippen LogP) is 1.50. The van der Waals surface area contributed by atoms with E-state index in [-0.39, 0.29) is 12.5 Å². The van der Waals surface area contributed by atoms with Crippen LogP contribution in [-0.2, 0) is 6.42 Å². The van der Waals surface area contributed by atoms with Crippen molar-refractivity contribution in [2.75, 3.05) is 13.2 Å². The molecule has 4 heteroatoms. The van der Waals surface area contributed by atoms with Gasteiger partial charge in [-0.1, -0.05) is 19.3 Å². The first-order valence-corrected chi connectivity index (χ1v) is 6.68. The van der Waals surface area contributed by atoms with E-state index in [9.17, 15) is 0 Å². The van der Waals surface area contributed by atoms with E-state index in [0.29, 0.717) is 12.6 Å². The van der Waals surface area contributed by atoms with Gasteiger partial charge < -0.3 is 10.8 Å². The number of nitrogens with two attached hydrogens (primary N) is 1. The molecule has 1 aromatic heterocycles. The molecule has 1 aliphatic carbocycles. The van der Waals surface area contributed by atoms with Crippen molar-refractivity contribution in [1.29, 1.82) is 0 Å². The number of nitrogens with zero attached hydrogens (tertiary/aromatic N) is 2. The Balaban J connectivity index is 1.94. The standard InChI is InChI=1S/C13H23N3O/c14-9-11(10-17)8-12-6-7-16(15-12)13-4-2-1-3-5-13/h6-7,11,13,17H,1-5,8-10,14H2. The summed E-state index contributed by atoms with van der Waals surface area (Å²) >= 11 is 0. The van der Waals surface area contributed by atoms with Gasteiger partial charge in [-0.25, -0.2) is 0 Å². The Bertz CT molecular complexity index is 327. The minimum Gasteiger partial charge on any atom is -0.396 e. The van der Waals surface area contributed by atoms with Crippen LogP contribution in [-0.4, -0.2) is 28.0 Å². The fourth-order valence-electron chi connectivity index (χ4n) is 2.55. The molecule has 96 valence electrons. The molecule has 1 saturated carbocycles. The van der Waals surface area contributed by atoms with Gasteiger partial charge in [0.2, 0.25) is 0 Å². The molecule has 0 amide bonds. The van der Waals surface area contributed by atoms with E-state index >= 15 is 0 Å². The molecule has 0 spiro atoms. The van der Waals surface area contributed by atoms with Gasteiger partial charge in [0.25, 0.3) is 0 Å². The van der Waals surface area contributed by atoms with E-state index in [2.05, 4.69) is 22.0 Å². The third-order valence-electron chi connectivity index (χ3n) is 3.70. The molecule has 3 N–H and O–H groups in total. The SMILES string of the molecule is NCC(CO)Cc1ccn(C2CCCCC2)n1. The quantitative estimate of drug-likeness (QED) is 0.815. The minimum absolute atomic E-state index is 0.143. The van der Waals surface area contributed by atoms with E-state index in [1.165, 1.54) is 32.1 Å². The van der Waals surface area contributed by atoms with Crippen molar-refractivity contribution in [3.8, 4) is 0 Å². The minimum atomic E-state index is 0.143. The number of hydrogen-bond acceptors (Lipinski definition) is 3. The number of aromatic nitrogens is 2. The van der Waals surface area contributed by atoms with Crippen LogP contribution >= 0.6 is 0 Å². The molecule has 1 unspecified atom stereocenters. The molecule has 0 radical (unpaired) electrons. The number of aliphatic hydroxyl groups is 1. The first-order valence-electron chi connectivity index (χ1n) is 6.68. The molecular weight excluding hydrogens is 214 g/mol. The number of aliphatic hydroxyl groups excluding tert-OH is 1. The summed E-state index contributed by atoms with van der Waals surface area (Å²) in [4.78, 5) is 0. The number of hydrogen-bond donors (Lipinski definition) is 2. The van der Waals surface area contributed by atoms with E-state index < -0.39 is 0 Å². The lowest BCUT2D eigenvalue weighted by Crippen LogP contribution is -2.21. The second-order valence-corrected chi connectivity index (χ2v) is 5.07. The van der Waals surface area contributed by atoms with Crippen molar-refractivity contribution in [2.45, 2.75) is 44.6 Å². The summed E-state index contributed by atoms with van der Waals surface area (Å²) < 4.78 is 2.11. The molecule has 1 atom stereocenters. The molecule has 0 saturated heterocycles. The summed E-state index contributed by atoms with van der Waals surface area (Å²) in [6.07, 6.45) is 9.38. The van der Waals surface area contributed by atoms with Crippen LogP contribution in [0.2, 0.25) is 0 Å². The van der Waals surface area contributed by atoms with Crippen molar-refractivity contribution >= 4 is 0 Å². The molecular formula is C13H23N3O. The first-order chi connectivity index (χ1) is 8.33. The van der Waals surface area contributed by atoms with Gasteiger partial charge in [0.15, 0.2) is 0 Å². The highest BCUT2D eigenvalue weighted by Gasteiger charge is 2.16. The fourth-order valence-corrected chi connectivity index (χ4v) is 2.55. The van der Waals surface area contributed by atoms with Crippen LogP contribution in [0.15, 0.2) is 12.3 Å². The molecule has 17 heavy (non-hydrogen) atoms. The Hall–Kier alpha value is -0.870. The Kier molecular flexibility index (Phi) is 4.57. The highest BCUT2D eigenvalue weighted by atomic mass is 16.3. The summed E-state index contributed by atoms with van der Waals surface area (Å²) in [5.41, 5.74) is 6.64. The predicted molar refractivity (Wildman–Crippen MR) is 67.7 cm³/mol. The van der Waals surface area contributed by atoms with Crippen molar-refractivity contribution < 1.29 is 5.11 Å². The zero-order valence-corrected chi connectivity index (χ0v) is 10.4. The Morgan fingerprint density at radius 1 is 1.41 bits per heavy atom. The Morgan fingerprint density at radius 2 is 2.18 bits per heavy atom. The lowest BCUT2D eigenvalue weighted by atomic mass is 9.96. The van der Waals surface area contributed by atoms with Crippen molar-refractivity contribution in [1.82, 2.24) is 9.78 Å². The summed E-state index contributed by atoms with van der Waals surface area (Å²) in [7, 11) is 0. The van der Waals surface area contributed by atoms with E-state index in [1.807, 2.05) is 0 Å². The maximum Gasteiger partial charge on any atom is 0.0628 e. The van der Waals surface area contributed by atoms with Gasteiger partial charge >= 0.3 is 0 Å². The maximum absolute atomic E-state index is 9.13. The van der Waals surface area contributed by atoms with E-state index in [1.54, 1.807) is 0 Å². The van der Waals surface area contributed by atoms with E-state index in [0.717, 1.165) is 12.1 Å². The van der Waals surface area contributed by atoms with Gasteiger partial charge in [-0.15, -0.1) is 0 Å². The van der Waals surface area contributed by atoms with Gasteiger partial charge in [-0.3, -0.25) is 4.68 Å². The monoisotopic (exact) mass is 237 g/mol. The molecule has 0 aliphatic heterocycles. The van der Waals surface area contributed by atoms with Gasteiger partial charge in [-0.2, -0.15) is 5.10 Å². The van der Waals surface area contributed by atoms with Crippen LogP contribution in [0.3, 0.4) is 0 Å². The molecule has 0 aromatic carbocycles. The molecule has 0 bridgehead atoms. The summed E-state index contributed by atoms with van der Waals surface area (Å²) in [5.74, 6) is 0.143. The largest absolute Gasteiger partial charge is 0.396 e. The molecule has 1 fully saturated rings. The van der Waals surface area contributed by atoms with Crippen LogP contribution in [0.5, 0.6) is 0 Å². The smallest absolute Gasteiger partial charge is 0.0628 e. The average molecular weight is 237 g/mol. The summed E-state index contributed by atoms with van der Waals surface area (Å²) in [6, 6.07) is 2.65. The molecule has 4 nitrogen and oxygen atoms in total. The van der Waals surface area contributed by atoms with Gasteiger partial charge in [-0.05, 0) is 37.8 Å². The summed E-state index contributed by atoms with van der Waals surface area (Å²) in [5, 5.41) is 13.7. The topological polar surface area (TPSA) is 64.1 Å². The van der Waals surface area contributed by atoms with Crippen LogP contribution in [0.1, 0.15) is 43.8 Å². The first kappa shape index (κ1) is 12.6. The zero-order valence-electron chi connectivity index (χ0n) is 10.4. The Morgan fingerprint density at radius 3 is 2.82 bits per heavy atom. The second-order valence-electron chi connectivity index (χ2n) is 5.07. The molecule has 1 aromatic rings. The van der Waals surface area contributed by atoms with Crippen molar-refractivity contribution in [3.63, 3.8) is 0 Å². The lowest BCUT2D eigenvalue weighted by molar-refractivity contribution is 0.228. The van der Waals surface area contributed by atoms with Gasteiger partial charge in [0.1, 0.15) is 0 Å². The Labute approximate surface area is 103 Å². The molecule has 1 heterocycles. The van der Waals surface area contributed by atoms with Crippen molar-refractivity contribution in [3.05, 3.63) is 18.0 Å². The lowest BCUT2D eigenvalue weighted by Gasteiger charge is -2.21. The number of rotatable bonds is 5. The highest BCUT2D eigenvalue weighted by molar-refractivity contribution is 5.01. The van der Waals surface area contributed by atoms with Crippen LogP contribution in [0.4, 0.5) is 0 Å². The fraction of sp³-hybridized carbons (Fsp3) is 0.769. The highest BCUT2D eigenvalue weighted by Crippen LogP contribution is 2.27. The third-order valence-corrected chi connectivity index (χ3v) is 3.70. The molecule has 1 aliphatic rings. The zero-order chi connectivity index (χ0) is 12.1. The third kappa shape index (κ3) is 3.30. The average Bonchev–Trinajstić information content (AvgIpc) is 2.85. The normalized spacial score (nSPS) is 19.4. The maximum atomic E-state index is 9.13.